The highest BCUT2D eigenvalue weighted by atomic mass is 79.9. The topological polar surface area (TPSA) is 132 Å². The number of aliphatic hydroxyl groups excluding tert-OH is 2. The van der Waals surface area contributed by atoms with Gasteiger partial charge in [-0.05, 0) is 65.0 Å². The lowest BCUT2D eigenvalue weighted by Gasteiger charge is -2.32. The Morgan fingerprint density at radius 1 is 1.21 bits per heavy atom. The van der Waals surface area contributed by atoms with Gasteiger partial charge in [-0.2, -0.15) is 0 Å². The van der Waals surface area contributed by atoms with Crippen LogP contribution in [0.2, 0.25) is 0 Å². The number of nitrogen functional groups attached to an aromatic ring is 2. The monoisotopic (exact) mass is 525 g/mol. The normalized spacial score (nSPS) is 24.9. The van der Waals surface area contributed by atoms with Crippen LogP contribution in [-0.4, -0.2) is 50.7 Å². The van der Waals surface area contributed by atoms with E-state index in [-0.39, 0.29) is 6.04 Å². The van der Waals surface area contributed by atoms with E-state index >= 15 is 0 Å². The fourth-order valence-electron chi connectivity index (χ4n) is 5.34. The van der Waals surface area contributed by atoms with Gasteiger partial charge in [0.15, 0.2) is 0 Å². The Labute approximate surface area is 205 Å². The Morgan fingerprint density at radius 3 is 2.82 bits per heavy atom. The number of nitrogens with zero attached hydrogens (tertiary/aromatic N) is 3. The molecule has 0 aliphatic heterocycles. The number of methoxy groups -OCH3 is 1. The number of hydrogen-bond donors (Lipinski definition) is 4. The number of aliphatic hydroxyl groups is 2. The second-order valence-electron chi connectivity index (χ2n) is 9.25. The Morgan fingerprint density at radius 2 is 2.03 bits per heavy atom. The zero-order chi connectivity index (χ0) is 24.0. The maximum atomic E-state index is 11.2. The van der Waals surface area contributed by atoms with Gasteiger partial charge in [-0.3, -0.25) is 0 Å². The molecule has 0 bridgehead atoms. The highest BCUT2D eigenvalue weighted by molar-refractivity contribution is 9.10. The molecule has 3 aromatic heterocycles. The van der Waals surface area contributed by atoms with E-state index in [2.05, 4.69) is 32.0 Å². The van der Waals surface area contributed by atoms with Crippen LogP contribution in [0.5, 0.6) is 0 Å². The van der Waals surface area contributed by atoms with E-state index < -0.39 is 17.6 Å². The summed E-state index contributed by atoms with van der Waals surface area (Å²) in [6.07, 6.45) is 3.54. The largest absolute Gasteiger partial charge is 0.398 e. The molecule has 3 heterocycles. The number of pyridine rings is 2. The molecule has 1 aliphatic rings. The molecule has 1 fully saturated rings. The Hall–Kier alpha value is -2.72. The number of anilines is 2. The lowest BCUT2D eigenvalue weighted by molar-refractivity contribution is -0.0598. The van der Waals surface area contributed by atoms with Gasteiger partial charge in [0.1, 0.15) is 17.6 Å². The molecule has 4 aromatic rings. The van der Waals surface area contributed by atoms with Crippen molar-refractivity contribution < 1.29 is 14.9 Å². The van der Waals surface area contributed by atoms with Crippen LogP contribution in [0.25, 0.3) is 21.9 Å². The smallest absolute Gasteiger partial charge is 0.142 e. The number of nitrogens with two attached hydrogens (primary N) is 2. The molecule has 0 saturated heterocycles. The summed E-state index contributed by atoms with van der Waals surface area (Å²) in [7, 11) is 1.63. The molecule has 0 spiro atoms. The molecule has 0 unspecified atom stereocenters. The van der Waals surface area contributed by atoms with Crippen LogP contribution in [0.4, 0.5) is 11.5 Å². The number of fused-ring (bicyclic) bond motifs is 2. The number of ether oxygens (including phenoxy) is 1. The van der Waals surface area contributed by atoms with Crippen LogP contribution in [0, 0.1) is 5.41 Å². The van der Waals surface area contributed by atoms with Gasteiger partial charge in [0, 0.05) is 41.4 Å². The van der Waals surface area contributed by atoms with Crippen LogP contribution >= 0.6 is 15.9 Å². The lowest BCUT2D eigenvalue weighted by Crippen LogP contribution is -2.40. The van der Waals surface area contributed by atoms with Crippen LogP contribution in [0.3, 0.4) is 0 Å². The fourth-order valence-corrected chi connectivity index (χ4v) is 5.68. The summed E-state index contributed by atoms with van der Waals surface area (Å²) in [5.41, 5.74) is 14.7. The molecular formula is C25H28BrN5O3. The maximum Gasteiger partial charge on any atom is 0.142 e. The second kappa shape index (κ2) is 8.81. The quantitative estimate of drug-likeness (QED) is 0.303. The first kappa shape index (κ1) is 23.0. The highest BCUT2D eigenvalue weighted by Crippen LogP contribution is 2.48. The average Bonchev–Trinajstić information content (AvgIpc) is 3.35. The SMILES string of the molecule is COC[C@]1(CCc2ccc3cc(Br)c(N)nc3c2)C[C@@H](n2ccc3c(N)ccnc32)[C@H](O)[C@@H]1O. The van der Waals surface area contributed by atoms with Crippen LogP contribution in [0.1, 0.15) is 24.4 Å². The molecule has 1 aliphatic carbocycles. The third kappa shape index (κ3) is 3.82. The molecular weight excluding hydrogens is 498 g/mol. The first-order chi connectivity index (χ1) is 16.3. The van der Waals surface area contributed by atoms with Crippen LogP contribution < -0.4 is 11.5 Å². The Bertz CT molecular complexity index is 1360. The van der Waals surface area contributed by atoms with E-state index in [9.17, 15) is 10.2 Å². The molecule has 0 radical (unpaired) electrons. The second-order valence-corrected chi connectivity index (χ2v) is 10.1. The first-order valence-corrected chi connectivity index (χ1v) is 12.0. The molecule has 178 valence electrons. The van der Waals surface area contributed by atoms with Gasteiger partial charge >= 0.3 is 0 Å². The summed E-state index contributed by atoms with van der Waals surface area (Å²) in [6, 6.07) is 11.4. The Balaban J connectivity index is 1.43. The third-order valence-electron chi connectivity index (χ3n) is 7.17. The summed E-state index contributed by atoms with van der Waals surface area (Å²) in [4.78, 5) is 8.95. The molecule has 0 amide bonds. The number of halogens is 1. The number of hydrogen-bond acceptors (Lipinski definition) is 7. The van der Waals surface area contributed by atoms with Crippen molar-refractivity contribution in [1.29, 1.82) is 0 Å². The summed E-state index contributed by atoms with van der Waals surface area (Å²) < 4.78 is 8.26. The molecule has 5 rings (SSSR count). The highest BCUT2D eigenvalue weighted by Gasteiger charge is 2.53. The van der Waals surface area contributed by atoms with Crippen molar-refractivity contribution in [2.24, 2.45) is 5.41 Å². The molecule has 1 aromatic carbocycles. The van der Waals surface area contributed by atoms with Gasteiger partial charge in [0.05, 0.1) is 28.7 Å². The molecule has 6 N–H and O–H groups in total. The summed E-state index contributed by atoms with van der Waals surface area (Å²) in [5, 5.41) is 24.2. The van der Waals surface area contributed by atoms with Crippen molar-refractivity contribution in [2.45, 2.75) is 37.5 Å². The van der Waals surface area contributed by atoms with Crippen molar-refractivity contribution >= 4 is 49.4 Å². The molecule has 1 saturated carbocycles. The standard InChI is InChI=1S/C25H28BrN5O3/c1-34-13-25(7-4-14-2-3-15-11-17(26)23(28)30-19(15)10-14)12-20(21(32)22(25)33)31-9-6-16-18(27)5-8-29-24(16)31/h2-3,5-6,8-11,20-22,32-33H,4,7,12-13H2,1H3,(H2,27,29)(H2,28,30)/t20-,21+,22+,25+/m1/s1. The van der Waals surface area contributed by atoms with Gasteiger partial charge in [0.25, 0.3) is 0 Å². The molecule has 34 heavy (non-hydrogen) atoms. The Kier molecular flexibility index (Phi) is 5.97. The van der Waals surface area contributed by atoms with Crippen molar-refractivity contribution in [3.8, 4) is 0 Å². The van der Waals surface area contributed by atoms with E-state index in [4.69, 9.17) is 16.2 Å². The molecule has 9 heteroatoms. The van der Waals surface area contributed by atoms with Crippen molar-refractivity contribution in [3.05, 3.63) is 58.8 Å². The van der Waals surface area contributed by atoms with E-state index in [1.165, 1.54) is 0 Å². The third-order valence-corrected chi connectivity index (χ3v) is 7.81. The first-order valence-electron chi connectivity index (χ1n) is 11.2. The van der Waals surface area contributed by atoms with Gasteiger partial charge in [-0.1, -0.05) is 12.1 Å². The average molecular weight is 526 g/mol. The van der Waals surface area contributed by atoms with Crippen molar-refractivity contribution in [1.82, 2.24) is 14.5 Å². The van der Waals surface area contributed by atoms with Gasteiger partial charge in [-0.15, -0.1) is 0 Å². The molecule has 8 nitrogen and oxygen atoms in total. The van der Waals surface area contributed by atoms with Crippen LogP contribution in [-0.2, 0) is 11.2 Å². The maximum absolute atomic E-state index is 11.2. The zero-order valence-electron chi connectivity index (χ0n) is 18.9. The van der Waals surface area contributed by atoms with Crippen molar-refractivity contribution in [3.63, 3.8) is 0 Å². The number of aromatic nitrogens is 3. The van der Waals surface area contributed by atoms with E-state index in [0.29, 0.717) is 43.0 Å². The lowest BCUT2D eigenvalue weighted by atomic mass is 9.79. The van der Waals surface area contributed by atoms with E-state index in [0.717, 1.165) is 26.3 Å². The fraction of sp³-hybridized carbons (Fsp3) is 0.360. The van der Waals surface area contributed by atoms with Crippen LogP contribution in [0.15, 0.2) is 53.3 Å². The van der Waals surface area contributed by atoms with Gasteiger partial charge < -0.3 is 31.0 Å². The number of aryl methyl sites for hydroxylation is 1. The summed E-state index contributed by atoms with van der Waals surface area (Å²) in [5.74, 6) is 0.450. The number of benzene rings is 1. The van der Waals surface area contributed by atoms with E-state index in [1.807, 2.05) is 35.0 Å². The predicted octanol–water partition coefficient (Wildman–Crippen LogP) is 3.44. The van der Waals surface area contributed by atoms with Gasteiger partial charge in [0.2, 0.25) is 0 Å². The molecule has 4 atom stereocenters. The minimum Gasteiger partial charge on any atom is -0.398 e. The number of rotatable bonds is 6. The summed E-state index contributed by atoms with van der Waals surface area (Å²) in [6.45, 7) is 0.336. The van der Waals surface area contributed by atoms with Gasteiger partial charge in [-0.25, -0.2) is 9.97 Å². The minimum atomic E-state index is -0.954. The van der Waals surface area contributed by atoms with E-state index in [1.54, 1.807) is 19.4 Å². The zero-order valence-corrected chi connectivity index (χ0v) is 20.4. The van der Waals surface area contributed by atoms with Crippen molar-refractivity contribution in [2.75, 3.05) is 25.2 Å². The summed E-state index contributed by atoms with van der Waals surface area (Å²) >= 11 is 3.42. The minimum absolute atomic E-state index is 0.336. The predicted molar refractivity (Wildman–Crippen MR) is 136 cm³/mol.